The maximum atomic E-state index is 12.7. The lowest BCUT2D eigenvalue weighted by Gasteiger charge is -2.29. The van der Waals surface area contributed by atoms with E-state index in [-0.39, 0.29) is 33.1 Å². The number of rotatable bonds is 9. The lowest BCUT2D eigenvalue weighted by molar-refractivity contribution is -0.137. The Bertz CT molecular complexity index is 1130. The van der Waals surface area contributed by atoms with Gasteiger partial charge in [-0.25, -0.2) is 9.59 Å². The van der Waals surface area contributed by atoms with Crippen LogP contribution in [0.15, 0.2) is 42.5 Å². The number of urea groups is 1. The Morgan fingerprint density at radius 2 is 1.70 bits per heavy atom. The summed E-state index contributed by atoms with van der Waals surface area (Å²) in [5, 5.41) is 8.78. The first-order chi connectivity index (χ1) is 17.6. The van der Waals surface area contributed by atoms with Crippen molar-refractivity contribution in [2.24, 2.45) is 11.1 Å². The number of nitrogens with two attached hydrogens (primary N) is 1. The number of benzene rings is 2. The van der Waals surface area contributed by atoms with Gasteiger partial charge in [-0.3, -0.25) is 4.79 Å². The van der Waals surface area contributed by atoms with E-state index in [1.54, 1.807) is 49.5 Å². The first-order valence-corrected chi connectivity index (χ1v) is 13.1. The molecule has 0 bridgehead atoms. The average Bonchev–Trinajstić information content (AvgIpc) is 3.35. The van der Waals surface area contributed by atoms with Crippen LogP contribution in [-0.4, -0.2) is 42.6 Å². The van der Waals surface area contributed by atoms with Crippen molar-refractivity contribution in [3.8, 4) is 0 Å². The van der Waals surface area contributed by atoms with Gasteiger partial charge in [0.25, 0.3) is 5.91 Å². The fourth-order valence-electron chi connectivity index (χ4n) is 4.36. The summed E-state index contributed by atoms with van der Waals surface area (Å²) >= 11 is 17.7. The SMILES string of the molecule is CNC(=O)NCCC1(C(=S)OC(=O)[C@@H](N)Cc2ccc(NC(=O)c3c(Cl)cccc3Cl)cc2)CCCC1. The molecular weight excluding hydrogens is 535 g/mol. The lowest BCUT2D eigenvalue weighted by Crippen LogP contribution is -2.41. The Morgan fingerprint density at radius 3 is 2.30 bits per heavy atom. The van der Waals surface area contributed by atoms with Crippen LogP contribution >= 0.6 is 35.4 Å². The number of hydrogen-bond donors (Lipinski definition) is 4. The van der Waals surface area contributed by atoms with Crippen LogP contribution in [0.3, 0.4) is 0 Å². The average molecular weight is 566 g/mol. The topological polar surface area (TPSA) is 123 Å². The summed E-state index contributed by atoms with van der Waals surface area (Å²) in [6.45, 7) is 0.426. The zero-order valence-corrected chi connectivity index (χ0v) is 22.8. The quantitative estimate of drug-likeness (QED) is 0.254. The molecule has 0 aliphatic heterocycles. The first-order valence-electron chi connectivity index (χ1n) is 12.0. The zero-order chi connectivity index (χ0) is 27.0. The van der Waals surface area contributed by atoms with E-state index >= 15 is 0 Å². The second kappa shape index (κ2) is 13.2. The molecule has 3 rings (SSSR count). The number of esters is 1. The van der Waals surface area contributed by atoms with Crippen LogP contribution in [-0.2, 0) is 16.0 Å². The number of nitrogens with one attached hydrogen (secondary N) is 3. The Labute approximate surface area is 231 Å². The normalized spacial score (nSPS) is 14.9. The highest BCUT2D eigenvalue weighted by atomic mass is 35.5. The van der Waals surface area contributed by atoms with Gasteiger partial charge in [0.1, 0.15) is 6.04 Å². The molecule has 3 amide bonds. The van der Waals surface area contributed by atoms with E-state index in [4.69, 9.17) is 45.9 Å². The van der Waals surface area contributed by atoms with Gasteiger partial charge in [0, 0.05) is 24.7 Å². The van der Waals surface area contributed by atoms with Gasteiger partial charge < -0.3 is 26.4 Å². The number of ether oxygens (including phenoxy) is 1. The fraction of sp³-hybridized carbons (Fsp3) is 0.385. The van der Waals surface area contributed by atoms with Gasteiger partial charge in [-0.05, 0) is 67.7 Å². The summed E-state index contributed by atoms with van der Waals surface area (Å²) in [4.78, 5) is 36.8. The molecule has 2 aromatic rings. The number of anilines is 1. The number of hydrogen-bond acceptors (Lipinski definition) is 6. The second-order valence-electron chi connectivity index (χ2n) is 9.01. The monoisotopic (exact) mass is 564 g/mol. The Morgan fingerprint density at radius 1 is 1.08 bits per heavy atom. The van der Waals surface area contributed by atoms with Gasteiger partial charge in [-0.15, -0.1) is 0 Å². The fourth-order valence-corrected chi connectivity index (χ4v) is 5.31. The van der Waals surface area contributed by atoms with Crippen LogP contribution < -0.4 is 21.7 Å². The number of amides is 3. The van der Waals surface area contributed by atoms with Crippen LogP contribution in [0, 0.1) is 5.41 Å². The summed E-state index contributed by atoms with van der Waals surface area (Å²) in [5.74, 6) is -1.02. The van der Waals surface area contributed by atoms with E-state index in [0.29, 0.717) is 18.7 Å². The number of carbonyl (C=O) groups is 3. The van der Waals surface area contributed by atoms with Crippen molar-refractivity contribution in [3.63, 3.8) is 0 Å². The van der Waals surface area contributed by atoms with Crippen LogP contribution in [0.25, 0.3) is 0 Å². The van der Waals surface area contributed by atoms with Crippen molar-refractivity contribution in [2.75, 3.05) is 18.9 Å². The molecule has 1 aliphatic rings. The van der Waals surface area contributed by atoms with Gasteiger partial charge in [0.15, 0.2) is 5.05 Å². The minimum Gasteiger partial charge on any atom is -0.417 e. The molecule has 0 spiro atoms. The van der Waals surface area contributed by atoms with Crippen LogP contribution in [0.4, 0.5) is 10.5 Å². The van der Waals surface area contributed by atoms with Crippen LogP contribution in [0.5, 0.6) is 0 Å². The minimum atomic E-state index is -0.914. The third kappa shape index (κ3) is 7.64. The van der Waals surface area contributed by atoms with Gasteiger partial charge in [0.05, 0.1) is 15.6 Å². The van der Waals surface area contributed by atoms with Gasteiger partial charge in [0.2, 0.25) is 0 Å². The highest BCUT2D eigenvalue weighted by Crippen LogP contribution is 2.42. The summed E-state index contributed by atoms with van der Waals surface area (Å²) in [6.07, 6.45) is 4.39. The molecule has 1 fully saturated rings. The van der Waals surface area contributed by atoms with Gasteiger partial charge in [-0.2, -0.15) is 0 Å². The molecule has 0 radical (unpaired) electrons. The lowest BCUT2D eigenvalue weighted by atomic mass is 9.83. The molecule has 11 heteroatoms. The zero-order valence-electron chi connectivity index (χ0n) is 20.4. The molecule has 0 heterocycles. The molecule has 1 aliphatic carbocycles. The molecular formula is C26H30Cl2N4O4S. The van der Waals surface area contributed by atoms with Crippen molar-refractivity contribution >= 4 is 64.1 Å². The molecule has 1 atom stereocenters. The van der Waals surface area contributed by atoms with Gasteiger partial charge in [-0.1, -0.05) is 54.2 Å². The summed E-state index contributed by atoms with van der Waals surface area (Å²) in [5.41, 5.74) is 7.21. The highest BCUT2D eigenvalue weighted by Gasteiger charge is 2.40. The van der Waals surface area contributed by atoms with E-state index in [9.17, 15) is 14.4 Å². The minimum absolute atomic E-state index is 0.195. The second-order valence-corrected chi connectivity index (χ2v) is 10.2. The number of thiocarbonyl (C=S) groups is 1. The largest absolute Gasteiger partial charge is 0.417 e. The van der Waals surface area contributed by atoms with E-state index in [1.165, 1.54) is 0 Å². The summed E-state index contributed by atoms with van der Waals surface area (Å²) in [7, 11) is 1.55. The number of halogens is 2. The molecule has 0 aromatic heterocycles. The predicted octanol–water partition coefficient (Wildman–Crippen LogP) is 4.87. The van der Waals surface area contributed by atoms with Crippen molar-refractivity contribution in [1.29, 1.82) is 0 Å². The van der Waals surface area contributed by atoms with Crippen molar-refractivity contribution in [3.05, 3.63) is 63.6 Å². The van der Waals surface area contributed by atoms with E-state index < -0.39 is 23.3 Å². The molecule has 1 saturated carbocycles. The summed E-state index contributed by atoms with van der Waals surface area (Å²) < 4.78 is 5.56. The molecule has 5 N–H and O–H groups in total. The molecule has 8 nitrogen and oxygen atoms in total. The van der Waals surface area contributed by atoms with E-state index in [1.807, 2.05) is 0 Å². The number of carbonyl (C=O) groups excluding carboxylic acids is 3. The van der Waals surface area contributed by atoms with Crippen molar-refractivity contribution in [2.45, 2.75) is 44.6 Å². The van der Waals surface area contributed by atoms with Crippen molar-refractivity contribution in [1.82, 2.24) is 10.6 Å². The smallest absolute Gasteiger partial charge is 0.329 e. The Kier molecular flexibility index (Phi) is 10.3. The molecule has 2 aromatic carbocycles. The summed E-state index contributed by atoms with van der Waals surface area (Å²) in [6, 6.07) is 10.6. The van der Waals surface area contributed by atoms with E-state index in [2.05, 4.69) is 16.0 Å². The highest BCUT2D eigenvalue weighted by molar-refractivity contribution is 7.80. The first kappa shape index (κ1) is 28.8. The Hall–Kier alpha value is -2.72. The maximum absolute atomic E-state index is 12.7. The third-order valence-electron chi connectivity index (χ3n) is 6.46. The molecule has 0 unspecified atom stereocenters. The maximum Gasteiger partial charge on any atom is 0.329 e. The van der Waals surface area contributed by atoms with Crippen molar-refractivity contribution < 1.29 is 19.1 Å². The van der Waals surface area contributed by atoms with Crippen LogP contribution in [0.1, 0.15) is 48.0 Å². The standard InChI is InChI=1S/C26H30Cl2N4O4S/c1-30-25(35)31-14-13-26(11-2-3-12-26)24(37)36-23(34)20(29)15-16-7-9-17(10-8-16)32-22(33)21-18(27)5-4-6-19(21)28/h4-10,20H,2-3,11-15,29H2,1H3,(H,32,33)(H2,30,31,35)/t20-/m0/s1. The molecule has 0 saturated heterocycles. The van der Waals surface area contributed by atoms with Crippen LogP contribution in [0.2, 0.25) is 10.0 Å². The third-order valence-corrected chi connectivity index (χ3v) is 7.61. The molecule has 37 heavy (non-hydrogen) atoms. The Balaban J connectivity index is 1.55. The van der Waals surface area contributed by atoms with E-state index in [0.717, 1.165) is 31.2 Å². The van der Waals surface area contributed by atoms with Gasteiger partial charge >= 0.3 is 12.0 Å². The molecule has 198 valence electrons. The predicted molar refractivity (Wildman–Crippen MR) is 149 cm³/mol.